The van der Waals surface area contributed by atoms with Gasteiger partial charge in [-0.05, 0) is 50.1 Å². The molecule has 0 bridgehead atoms. The van der Waals surface area contributed by atoms with Gasteiger partial charge < -0.3 is 9.72 Å². The first-order chi connectivity index (χ1) is 10.0. The summed E-state index contributed by atoms with van der Waals surface area (Å²) in [5.74, 6) is 1.42. The summed E-state index contributed by atoms with van der Waals surface area (Å²) < 4.78 is 5.26. The van der Waals surface area contributed by atoms with Crippen LogP contribution in [0.1, 0.15) is 16.0 Å². The monoisotopic (exact) mass is 300 g/mol. The van der Waals surface area contributed by atoms with Crippen LogP contribution in [0, 0.1) is 20.8 Å². The molecule has 108 valence electrons. The van der Waals surface area contributed by atoms with Gasteiger partial charge in [0.05, 0.1) is 12.5 Å². The molecule has 4 nitrogen and oxygen atoms in total. The predicted molar refractivity (Wildman–Crippen MR) is 86.4 cm³/mol. The van der Waals surface area contributed by atoms with Gasteiger partial charge in [0, 0.05) is 10.4 Å². The number of aromatic nitrogens is 2. The van der Waals surface area contributed by atoms with Crippen LogP contribution in [0.2, 0.25) is 0 Å². The van der Waals surface area contributed by atoms with Gasteiger partial charge in [-0.25, -0.2) is 4.98 Å². The third kappa shape index (κ3) is 2.23. The van der Waals surface area contributed by atoms with Crippen molar-refractivity contribution in [2.75, 3.05) is 7.11 Å². The molecule has 0 aliphatic rings. The summed E-state index contributed by atoms with van der Waals surface area (Å²) in [4.78, 5) is 21.7. The first kappa shape index (κ1) is 13.8. The summed E-state index contributed by atoms with van der Waals surface area (Å²) in [6.45, 7) is 5.94. The zero-order chi connectivity index (χ0) is 15.1. The van der Waals surface area contributed by atoms with Crippen molar-refractivity contribution in [2.45, 2.75) is 20.8 Å². The lowest BCUT2D eigenvalue weighted by molar-refractivity contribution is 0.412. The molecule has 21 heavy (non-hydrogen) atoms. The van der Waals surface area contributed by atoms with Crippen molar-refractivity contribution in [3.8, 4) is 17.1 Å². The first-order valence-corrected chi connectivity index (χ1v) is 7.48. The molecule has 5 heteroatoms. The molecule has 0 radical (unpaired) electrons. The number of fused-ring (bicyclic) bond motifs is 1. The summed E-state index contributed by atoms with van der Waals surface area (Å²) in [6.07, 6.45) is 0. The molecule has 0 atom stereocenters. The zero-order valence-electron chi connectivity index (χ0n) is 12.4. The fraction of sp³-hybridized carbons (Fsp3) is 0.250. The normalized spacial score (nSPS) is 11.0. The second kappa shape index (κ2) is 5.00. The molecule has 3 rings (SSSR count). The third-order valence-corrected chi connectivity index (χ3v) is 4.81. The number of H-pyrrole nitrogens is 1. The van der Waals surface area contributed by atoms with E-state index >= 15 is 0 Å². The fourth-order valence-corrected chi connectivity index (χ4v) is 3.45. The van der Waals surface area contributed by atoms with Gasteiger partial charge in [0.15, 0.2) is 0 Å². The molecule has 0 fully saturated rings. The smallest absolute Gasteiger partial charge is 0.260 e. The molecular formula is C16H16N2O2S. The molecule has 0 saturated carbocycles. The average Bonchev–Trinajstić information content (AvgIpc) is 2.74. The molecule has 0 spiro atoms. The van der Waals surface area contributed by atoms with Gasteiger partial charge in [0.2, 0.25) is 0 Å². The van der Waals surface area contributed by atoms with Crippen molar-refractivity contribution in [1.82, 2.24) is 9.97 Å². The fourth-order valence-electron chi connectivity index (χ4n) is 2.42. The molecule has 0 aliphatic heterocycles. The van der Waals surface area contributed by atoms with Crippen LogP contribution in [0.5, 0.6) is 5.75 Å². The summed E-state index contributed by atoms with van der Waals surface area (Å²) in [7, 11) is 1.64. The lowest BCUT2D eigenvalue weighted by atomic mass is 10.1. The SMILES string of the molecule is COc1ccc(-c2nc3sc(C)c(C)c3c(=O)[nH]2)cc1C. The van der Waals surface area contributed by atoms with E-state index in [9.17, 15) is 4.79 Å². The maximum atomic E-state index is 12.3. The number of aryl methyl sites for hydroxylation is 3. The Kier molecular flexibility index (Phi) is 3.29. The highest BCUT2D eigenvalue weighted by Crippen LogP contribution is 2.28. The van der Waals surface area contributed by atoms with E-state index in [1.54, 1.807) is 18.4 Å². The van der Waals surface area contributed by atoms with Gasteiger partial charge in [-0.3, -0.25) is 4.79 Å². The van der Waals surface area contributed by atoms with Gasteiger partial charge in [-0.2, -0.15) is 0 Å². The average molecular weight is 300 g/mol. The molecule has 2 heterocycles. The van der Waals surface area contributed by atoms with Crippen LogP contribution >= 0.6 is 11.3 Å². The number of rotatable bonds is 2. The number of thiophene rings is 1. The Bertz CT molecular complexity index is 893. The van der Waals surface area contributed by atoms with Gasteiger partial charge in [0.25, 0.3) is 5.56 Å². The number of hydrogen-bond donors (Lipinski definition) is 1. The van der Waals surface area contributed by atoms with E-state index < -0.39 is 0 Å². The lowest BCUT2D eigenvalue weighted by Gasteiger charge is -2.07. The molecule has 0 aliphatic carbocycles. The number of nitrogens with one attached hydrogen (secondary N) is 1. The molecule has 0 saturated heterocycles. The van der Waals surface area contributed by atoms with Crippen LogP contribution in [-0.4, -0.2) is 17.1 Å². The summed E-state index contributed by atoms with van der Waals surface area (Å²) in [5, 5.41) is 0.700. The van der Waals surface area contributed by atoms with E-state index in [1.807, 2.05) is 39.0 Å². The number of methoxy groups -OCH3 is 1. The molecule has 0 unspecified atom stereocenters. The second-order valence-corrected chi connectivity index (χ2v) is 6.27. The summed E-state index contributed by atoms with van der Waals surface area (Å²) in [6, 6.07) is 5.76. The van der Waals surface area contributed by atoms with Crippen molar-refractivity contribution in [3.63, 3.8) is 0 Å². The predicted octanol–water partition coefficient (Wildman–Crippen LogP) is 3.59. The Hall–Kier alpha value is -2.14. The van der Waals surface area contributed by atoms with E-state index in [2.05, 4.69) is 9.97 Å². The Morgan fingerprint density at radius 1 is 1.24 bits per heavy atom. The second-order valence-electron chi connectivity index (χ2n) is 5.06. The van der Waals surface area contributed by atoms with Crippen molar-refractivity contribution < 1.29 is 4.74 Å². The minimum Gasteiger partial charge on any atom is -0.496 e. The first-order valence-electron chi connectivity index (χ1n) is 6.66. The molecular weight excluding hydrogens is 284 g/mol. The lowest BCUT2D eigenvalue weighted by Crippen LogP contribution is -2.09. The van der Waals surface area contributed by atoms with Crippen LogP contribution in [0.25, 0.3) is 21.6 Å². The third-order valence-electron chi connectivity index (χ3n) is 3.71. The Labute approximate surface area is 126 Å². The highest BCUT2D eigenvalue weighted by molar-refractivity contribution is 7.18. The van der Waals surface area contributed by atoms with Crippen LogP contribution in [0.4, 0.5) is 0 Å². The van der Waals surface area contributed by atoms with Crippen molar-refractivity contribution >= 4 is 21.6 Å². The van der Waals surface area contributed by atoms with E-state index in [1.165, 1.54) is 0 Å². The molecule has 1 N–H and O–H groups in total. The summed E-state index contributed by atoms with van der Waals surface area (Å²) >= 11 is 1.56. The molecule has 3 aromatic rings. The summed E-state index contributed by atoms with van der Waals surface area (Å²) in [5.41, 5.74) is 2.83. The number of hydrogen-bond acceptors (Lipinski definition) is 4. The minimum atomic E-state index is -0.0784. The number of aromatic amines is 1. The minimum absolute atomic E-state index is 0.0784. The maximum Gasteiger partial charge on any atom is 0.260 e. The van der Waals surface area contributed by atoms with Crippen LogP contribution in [-0.2, 0) is 0 Å². The largest absolute Gasteiger partial charge is 0.496 e. The van der Waals surface area contributed by atoms with Crippen LogP contribution in [0.15, 0.2) is 23.0 Å². The number of ether oxygens (including phenoxy) is 1. The van der Waals surface area contributed by atoms with E-state index in [0.29, 0.717) is 11.2 Å². The number of benzene rings is 1. The topological polar surface area (TPSA) is 55.0 Å². The van der Waals surface area contributed by atoms with E-state index in [-0.39, 0.29) is 5.56 Å². The Morgan fingerprint density at radius 3 is 2.67 bits per heavy atom. The molecule has 0 amide bonds. The standard InChI is InChI=1S/C16H16N2O2S/c1-8-7-11(5-6-12(8)20-4)14-17-15(19)13-9(2)10(3)21-16(13)18-14/h5-7H,1-4H3,(H,17,18,19). The number of nitrogens with zero attached hydrogens (tertiary/aromatic N) is 1. The van der Waals surface area contributed by atoms with E-state index in [4.69, 9.17) is 4.74 Å². The quantitative estimate of drug-likeness (QED) is 0.787. The highest BCUT2D eigenvalue weighted by atomic mass is 32.1. The van der Waals surface area contributed by atoms with Gasteiger partial charge in [0.1, 0.15) is 16.4 Å². The van der Waals surface area contributed by atoms with E-state index in [0.717, 1.165) is 32.1 Å². The van der Waals surface area contributed by atoms with Gasteiger partial charge in [-0.1, -0.05) is 0 Å². The molecule has 2 aromatic heterocycles. The van der Waals surface area contributed by atoms with Crippen molar-refractivity contribution in [2.24, 2.45) is 0 Å². The van der Waals surface area contributed by atoms with Gasteiger partial charge >= 0.3 is 0 Å². The Morgan fingerprint density at radius 2 is 2.00 bits per heavy atom. The zero-order valence-corrected chi connectivity index (χ0v) is 13.2. The molecule has 1 aromatic carbocycles. The van der Waals surface area contributed by atoms with Gasteiger partial charge in [-0.15, -0.1) is 11.3 Å². The Balaban J connectivity index is 2.22. The van der Waals surface area contributed by atoms with Crippen LogP contribution < -0.4 is 10.3 Å². The maximum absolute atomic E-state index is 12.3. The highest BCUT2D eigenvalue weighted by Gasteiger charge is 2.13. The van der Waals surface area contributed by atoms with Crippen molar-refractivity contribution in [1.29, 1.82) is 0 Å². The van der Waals surface area contributed by atoms with Crippen LogP contribution in [0.3, 0.4) is 0 Å². The van der Waals surface area contributed by atoms with Crippen molar-refractivity contribution in [3.05, 3.63) is 44.6 Å².